The molecule has 31 heavy (non-hydrogen) atoms. The lowest BCUT2D eigenvalue weighted by atomic mass is 10.0. The average molecular weight is 440 g/mol. The van der Waals surface area contributed by atoms with Crippen molar-refractivity contribution in [3.05, 3.63) is 64.3 Å². The lowest BCUT2D eigenvalue weighted by Gasteiger charge is -2.17. The van der Waals surface area contributed by atoms with Crippen molar-refractivity contribution in [2.24, 2.45) is 0 Å². The van der Waals surface area contributed by atoms with Crippen LogP contribution < -0.4 is 0 Å². The predicted molar refractivity (Wildman–Crippen MR) is 119 cm³/mol. The number of nitrogens with zero attached hydrogens (tertiary/aromatic N) is 1. The van der Waals surface area contributed by atoms with Crippen LogP contribution in [0.2, 0.25) is 0 Å². The van der Waals surface area contributed by atoms with Gasteiger partial charge in [-0.25, -0.2) is 8.42 Å². The van der Waals surface area contributed by atoms with E-state index in [4.69, 9.17) is 0 Å². The van der Waals surface area contributed by atoms with Crippen LogP contribution in [0, 0.1) is 6.92 Å². The van der Waals surface area contributed by atoms with Gasteiger partial charge in [0.25, 0.3) is 0 Å². The molecule has 6 nitrogen and oxygen atoms in total. The first kappa shape index (κ1) is 21.3. The van der Waals surface area contributed by atoms with Gasteiger partial charge in [-0.1, -0.05) is 29.8 Å². The van der Waals surface area contributed by atoms with Crippen LogP contribution >= 0.6 is 0 Å². The van der Waals surface area contributed by atoms with E-state index in [1.165, 1.54) is 13.0 Å². The summed E-state index contributed by atoms with van der Waals surface area (Å²) in [5.74, 6) is -1.26. The Hall–Kier alpha value is -2.93. The van der Waals surface area contributed by atoms with Crippen molar-refractivity contribution in [2.45, 2.75) is 50.5 Å². The molecule has 0 radical (unpaired) electrons. The van der Waals surface area contributed by atoms with Gasteiger partial charge in [0, 0.05) is 35.4 Å². The zero-order valence-electron chi connectivity index (χ0n) is 17.8. The number of Topliss-reactive ketones (excluding diaryl/α,β-unsaturated/α-hetero) is 1. The summed E-state index contributed by atoms with van der Waals surface area (Å²) < 4.78 is 26.6. The number of fused-ring (bicyclic) bond motifs is 3. The van der Waals surface area contributed by atoms with E-state index in [2.05, 4.69) is 0 Å². The number of sulfone groups is 1. The van der Waals surface area contributed by atoms with E-state index in [0.29, 0.717) is 30.5 Å². The van der Waals surface area contributed by atoms with Crippen molar-refractivity contribution in [1.29, 1.82) is 0 Å². The molecule has 4 rings (SSSR count). The van der Waals surface area contributed by atoms with E-state index in [9.17, 15) is 23.1 Å². The number of hydrogen-bond acceptors (Lipinski definition) is 4. The summed E-state index contributed by atoms with van der Waals surface area (Å²) in [7, 11) is -3.51. The third-order valence-electron chi connectivity index (χ3n) is 6.10. The third kappa shape index (κ3) is 3.90. The van der Waals surface area contributed by atoms with Crippen LogP contribution in [-0.4, -0.2) is 36.1 Å². The van der Waals surface area contributed by atoms with E-state index in [1.807, 2.05) is 35.8 Å². The van der Waals surface area contributed by atoms with Crippen LogP contribution in [0.25, 0.3) is 10.9 Å². The van der Waals surface area contributed by atoms with Gasteiger partial charge < -0.3 is 9.67 Å². The maximum Gasteiger partial charge on any atom is 0.304 e. The minimum absolute atomic E-state index is 0.00551. The molecule has 0 fully saturated rings. The molecule has 0 amide bonds. The van der Waals surface area contributed by atoms with E-state index in [0.717, 1.165) is 34.0 Å². The number of aromatic nitrogens is 1. The molecule has 162 valence electrons. The lowest BCUT2D eigenvalue weighted by Crippen LogP contribution is -2.12. The second-order valence-electron chi connectivity index (χ2n) is 8.46. The standard InChI is InChI=1S/C24H25NO5S/c1-14-4-6-16(7-5-14)13-25-23-17(10-22(27)28)8-9-19(23)21-12-18(31(3,29)30)11-20(15(2)26)24(21)25/h4-7,11-12,17H,8-10,13H2,1-3H3,(H,27,28)/t17-/m1/s1. The van der Waals surface area contributed by atoms with Gasteiger partial charge in [0.05, 0.1) is 16.8 Å². The van der Waals surface area contributed by atoms with E-state index < -0.39 is 15.8 Å². The van der Waals surface area contributed by atoms with Crippen molar-refractivity contribution in [2.75, 3.05) is 6.26 Å². The fourth-order valence-electron chi connectivity index (χ4n) is 4.67. The van der Waals surface area contributed by atoms with Gasteiger partial charge in [0.15, 0.2) is 15.6 Å². The monoisotopic (exact) mass is 439 g/mol. The van der Waals surface area contributed by atoms with Crippen molar-refractivity contribution < 1.29 is 23.1 Å². The fraction of sp³-hybridized carbons (Fsp3) is 0.333. The molecule has 1 atom stereocenters. The van der Waals surface area contributed by atoms with Gasteiger partial charge >= 0.3 is 5.97 Å². The smallest absolute Gasteiger partial charge is 0.304 e. The summed E-state index contributed by atoms with van der Waals surface area (Å²) in [6, 6.07) is 11.2. The Bertz CT molecular complexity index is 1320. The topological polar surface area (TPSA) is 93.4 Å². The van der Waals surface area contributed by atoms with Gasteiger partial charge in [-0.15, -0.1) is 0 Å². The summed E-state index contributed by atoms with van der Waals surface area (Å²) in [5.41, 5.74) is 5.09. The van der Waals surface area contributed by atoms with Crippen molar-refractivity contribution in [3.63, 3.8) is 0 Å². The van der Waals surface area contributed by atoms with Crippen LogP contribution in [0.1, 0.15) is 58.4 Å². The number of benzene rings is 2. The fourth-order valence-corrected chi connectivity index (χ4v) is 5.33. The van der Waals surface area contributed by atoms with Crippen LogP contribution in [0.3, 0.4) is 0 Å². The highest BCUT2D eigenvalue weighted by molar-refractivity contribution is 7.90. The Labute approximate surface area is 181 Å². The van der Waals surface area contributed by atoms with Gasteiger partial charge in [-0.05, 0) is 49.9 Å². The van der Waals surface area contributed by atoms with Crippen molar-refractivity contribution in [1.82, 2.24) is 4.57 Å². The Morgan fingerprint density at radius 2 is 1.84 bits per heavy atom. The van der Waals surface area contributed by atoms with E-state index in [-0.39, 0.29) is 23.0 Å². The molecular weight excluding hydrogens is 414 g/mol. The molecule has 0 saturated heterocycles. The number of carboxylic acids is 1. The molecule has 1 aromatic heterocycles. The molecule has 2 aromatic carbocycles. The van der Waals surface area contributed by atoms with Crippen LogP contribution in [0.4, 0.5) is 0 Å². The summed E-state index contributed by atoms with van der Waals surface area (Å²) in [4.78, 5) is 24.2. The second kappa shape index (κ2) is 7.64. The third-order valence-corrected chi connectivity index (χ3v) is 7.19. The Balaban J connectivity index is 2.04. The summed E-state index contributed by atoms with van der Waals surface area (Å²) >= 11 is 0. The first-order valence-electron chi connectivity index (χ1n) is 10.2. The Morgan fingerprint density at radius 3 is 2.42 bits per heavy atom. The predicted octanol–water partition coefficient (Wildman–Crippen LogP) is 4.11. The number of aryl methyl sites for hydroxylation is 2. The highest BCUT2D eigenvalue weighted by Crippen LogP contribution is 2.44. The maximum atomic E-state index is 12.6. The molecule has 7 heteroatoms. The SMILES string of the molecule is CC(=O)c1cc(S(C)(=O)=O)cc2c3c(n(Cc4ccc(C)cc4)c12)[C@@H](CC(=O)O)CC3. The molecular formula is C24H25NO5S. The number of carbonyl (C=O) groups excluding carboxylic acids is 1. The number of aliphatic carboxylic acids is 1. The number of ketones is 1. The second-order valence-corrected chi connectivity index (χ2v) is 10.5. The molecule has 0 unspecified atom stereocenters. The minimum Gasteiger partial charge on any atom is -0.481 e. The summed E-state index contributed by atoms with van der Waals surface area (Å²) in [5, 5.41) is 10.2. The number of carbonyl (C=O) groups is 2. The largest absolute Gasteiger partial charge is 0.481 e. The molecule has 0 spiro atoms. The van der Waals surface area contributed by atoms with Crippen molar-refractivity contribution in [3.8, 4) is 0 Å². The molecule has 1 aliphatic rings. The zero-order chi connectivity index (χ0) is 22.5. The maximum absolute atomic E-state index is 12.6. The van der Waals surface area contributed by atoms with Crippen LogP contribution in [-0.2, 0) is 27.6 Å². The van der Waals surface area contributed by atoms with Gasteiger partial charge in [-0.2, -0.15) is 0 Å². The molecule has 0 saturated carbocycles. The molecule has 3 aromatic rings. The van der Waals surface area contributed by atoms with Crippen molar-refractivity contribution >= 4 is 32.5 Å². The van der Waals surface area contributed by atoms with Gasteiger partial charge in [-0.3, -0.25) is 9.59 Å². The van der Waals surface area contributed by atoms with Crippen LogP contribution in [0.5, 0.6) is 0 Å². The summed E-state index contributed by atoms with van der Waals surface area (Å²) in [6.07, 6.45) is 2.49. The summed E-state index contributed by atoms with van der Waals surface area (Å²) in [6.45, 7) is 3.93. The normalized spacial score (nSPS) is 15.9. The highest BCUT2D eigenvalue weighted by atomic mass is 32.2. The number of rotatable bonds is 6. The molecule has 1 N–H and O–H groups in total. The lowest BCUT2D eigenvalue weighted by molar-refractivity contribution is -0.137. The van der Waals surface area contributed by atoms with E-state index in [1.54, 1.807) is 6.07 Å². The molecule has 0 bridgehead atoms. The zero-order valence-corrected chi connectivity index (χ0v) is 18.6. The Kier molecular flexibility index (Phi) is 5.25. The number of carboxylic acid groups (broad SMARTS) is 1. The first-order chi connectivity index (χ1) is 14.6. The molecule has 1 heterocycles. The Morgan fingerprint density at radius 1 is 1.16 bits per heavy atom. The minimum atomic E-state index is -3.51. The number of hydrogen-bond donors (Lipinski definition) is 1. The quantitative estimate of drug-likeness (QED) is 0.584. The van der Waals surface area contributed by atoms with Crippen LogP contribution in [0.15, 0.2) is 41.3 Å². The van der Waals surface area contributed by atoms with E-state index >= 15 is 0 Å². The van der Waals surface area contributed by atoms with Gasteiger partial charge in [0.1, 0.15) is 0 Å². The highest BCUT2D eigenvalue weighted by Gasteiger charge is 2.33. The molecule has 1 aliphatic carbocycles. The average Bonchev–Trinajstić information content (AvgIpc) is 3.21. The first-order valence-corrected chi connectivity index (χ1v) is 12.1. The molecule has 0 aliphatic heterocycles. The van der Waals surface area contributed by atoms with Gasteiger partial charge in [0.2, 0.25) is 0 Å².